The van der Waals surface area contributed by atoms with Crippen LogP contribution in [0.3, 0.4) is 0 Å². The summed E-state index contributed by atoms with van der Waals surface area (Å²) in [6.07, 6.45) is 1.28. The monoisotopic (exact) mass is 585 g/mol. The van der Waals surface area contributed by atoms with Crippen LogP contribution in [-0.4, -0.2) is 57.1 Å². The number of ether oxygens (including phenoxy) is 1. The van der Waals surface area contributed by atoms with Crippen molar-refractivity contribution in [2.45, 2.75) is 45.8 Å². The molecule has 0 aromatic heterocycles. The van der Waals surface area contributed by atoms with Crippen LogP contribution in [0.5, 0.6) is 5.75 Å². The minimum absolute atomic E-state index is 0.121. The molecule has 0 aliphatic heterocycles. The SMILES string of the molecule is COc1ccc(N(CC(=O)N(Cc2ccccc2C)C(Cc2ccccc2)C(=O)NC(C)C)S(C)(=O)=O)cc1Cl. The lowest BCUT2D eigenvalue weighted by Crippen LogP contribution is -2.54. The molecule has 8 nitrogen and oxygen atoms in total. The van der Waals surface area contributed by atoms with Crippen molar-refractivity contribution in [2.24, 2.45) is 0 Å². The van der Waals surface area contributed by atoms with E-state index in [4.69, 9.17) is 16.3 Å². The molecule has 1 N–H and O–H groups in total. The van der Waals surface area contributed by atoms with E-state index >= 15 is 0 Å². The molecule has 2 amide bonds. The maximum atomic E-state index is 14.1. The van der Waals surface area contributed by atoms with Gasteiger partial charge in [0.15, 0.2) is 0 Å². The van der Waals surface area contributed by atoms with Crippen LogP contribution in [0, 0.1) is 6.92 Å². The number of nitrogens with zero attached hydrogens (tertiary/aromatic N) is 2. The summed E-state index contributed by atoms with van der Waals surface area (Å²) in [7, 11) is -2.45. The van der Waals surface area contributed by atoms with Crippen molar-refractivity contribution >= 4 is 39.1 Å². The zero-order valence-corrected chi connectivity index (χ0v) is 25.0. The molecule has 40 heavy (non-hydrogen) atoms. The van der Waals surface area contributed by atoms with Gasteiger partial charge >= 0.3 is 0 Å². The Bertz CT molecular complexity index is 1430. The van der Waals surface area contributed by atoms with Crippen LogP contribution in [0.25, 0.3) is 0 Å². The fraction of sp³-hybridized carbons (Fsp3) is 0.333. The minimum Gasteiger partial charge on any atom is -0.495 e. The molecule has 3 aromatic rings. The summed E-state index contributed by atoms with van der Waals surface area (Å²) in [4.78, 5) is 29.1. The van der Waals surface area contributed by atoms with Crippen molar-refractivity contribution in [3.8, 4) is 5.75 Å². The number of benzene rings is 3. The normalized spacial score (nSPS) is 12.1. The summed E-state index contributed by atoms with van der Waals surface area (Å²) in [6.45, 7) is 5.23. The third kappa shape index (κ3) is 8.22. The summed E-state index contributed by atoms with van der Waals surface area (Å²) in [5.41, 5.74) is 2.88. The predicted octanol–water partition coefficient (Wildman–Crippen LogP) is 4.59. The van der Waals surface area contributed by atoms with Gasteiger partial charge in [0.2, 0.25) is 21.8 Å². The molecule has 0 aliphatic carbocycles. The van der Waals surface area contributed by atoms with E-state index in [1.165, 1.54) is 24.1 Å². The second-order valence-corrected chi connectivity index (χ2v) is 12.2. The molecule has 0 saturated carbocycles. The summed E-state index contributed by atoms with van der Waals surface area (Å²) in [5, 5.41) is 3.14. The van der Waals surface area contributed by atoms with E-state index in [-0.39, 0.29) is 35.6 Å². The van der Waals surface area contributed by atoms with Gasteiger partial charge in [0.1, 0.15) is 18.3 Å². The van der Waals surface area contributed by atoms with Crippen LogP contribution in [0.2, 0.25) is 5.02 Å². The molecule has 0 spiro atoms. The topological polar surface area (TPSA) is 96.0 Å². The number of anilines is 1. The van der Waals surface area contributed by atoms with Crippen LogP contribution in [0.1, 0.15) is 30.5 Å². The lowest BCUT2D eigenvalue weighted by molar-refractivity contribution is -0.140. The molecule has 1 unspecified atom stereocenters. The zero-order chi connectivity index (χ0) is 29.4. The van der Waals surface area contributed by atoms with Gasteiger partial charge in [0.05, 0.1) is 24.1 Å². The van der Waals surface area contributed by atoms with E-state index in [2.05, 4.69) is 5.32 Å². The maximum absolute atomic E-state index is 14.1. The zero-order valence-electron chi connectivity index (χ0n) is 23.4. The molecule has 0 bridgehead atoms. The molecule has 1 atom stereocenters. The molecule has 0 fully saturated rings. The smallest absolute Gasteiger partial charge is 0.244 e. The number of hydrogen-bond acceptors (Lipinski definition) is 5. The Morgan fingerprint density at radius 3 is 2.23 bits per heavy atom. The summed E-state index contributed by atoms with van der Waals surface area (Å²) >= 11 is 6.28. The number of nitrogens with one attached hydrogen (secondary N) is 1. The van der Waals surface area contributed by atoms with E-state index in [9.17, 15) is 18.0 Å². The van der Waals surface area contributed by atoms with Gasteiger partial charge in [-0.15, -0.1) is 0 Å². The average Bonchev–Trinajstić information content (AvgIpc) is 2.89. The highest BCUT2D eigenvalue weighted by Crippen LogP contribution is 2.30. The van der Waals surface area contributed by atoms with Crippen LogP contribution in [0.4, 0.5) is 5.69 Å². The first-order valence-corrected chi connectivity index (χ1v) is 15.1. The van der Waals surface area contributed by atoms with Crippen molar-refractivity contribution < 1.29 is 22.7 Å². The number of rotatable bonds is 12. The highest BCUT2D eigenvalue weighted by molar-refractivity contribution is 7.92. The molecule has 10 heteroatoms. The molecule has 3 rings (SSSR count). The van der Waals surface area contributed by atoms with Gasteiger partial charge in [0, 0.05) is 19.0 Å². The molecular formula is C30H36ClN3O5S. The first-order chi connectivity index (χ1) is 18.9. The molecule has 0 radical (unpaired) electrons. The molecule has 0 saturated heterocycles. The highest BCUT2D eigenvalue weighted by atomic mass is 35.5. The predicted molar refractivity (Wildman–Crippen MR) is 159 cm³/mol. The lowest BCUT2D eigenvalue weighted by Gasteiger charge is -2.34. The number of carbonyl (C=O) groups is 2. The molecule has 0 aliphatic rings. The number of aryl methyl sites for hydroxylation is 1. The van der Waals surface area contributed by atoms with Crippen molar-refractivity contribution in [3.05, 3.63) is 94.5 Å². The Morgan fingerprint density at radius 1 is 1.00 bits per heavy atom. The summed E-state index contributed by atoms with van der Waals surface area (Å²) < 4.78 is 32.0. The average molecular weight is 586 g/mol. The van der Waals surface area contributed by atoms with Gasteiger partial charge in [0.25, 0.3) is 0 Å². The lowest BCUT2D eigenvalue weighted by atomic mass is 10.0. The van der Waals surface area contributed by atoms with Gasteiger partial charge in [-0.25, -0.2) is 8.42 Å². The van der Waals surface area contributed by atoms with E-state index in [1.54, 1.807) is 6.07 Å². The van der Waals surface area contributed by atoms with Gasteiger partial charge in [-0.2, -0.15) is 0 Å². The number of sulfonamides is 1. The fourth-order valence-corrected chi connectivity index (χ4v) is 5.42. The third-order valence-electron chi connectivity index (χ3n) is 6.41. The van der Waals surface area contributed by atoms with Gasteiger partial charge < -0.3 is 15.0 Å². The van der Waals surface area contributed by atoms with Crippen LogP contribution in [0.15, 0.2) is 72.8 Å². The van der Waals surface area contributed by atoms with Crippen LogP contribution < -0.4 is 14.4 Å². The highest BCUT2D eigenvalue weighted by Gasteiger charge is 2.33. The first-order valence-electron chi connectivity index (χ1n) is 12.9. The number of methoxy groups -OCH3 is 1. The second kappa shape index (κ2) is 13.7. The summed E-state index contributed by atoms with van der Waals surface area (Å²) in [6, 6.07) is 20.5. The first kappa shape index (κ1) is 31.0. The van der Waals surface area contributed by atoms with Crippen molar-refractivity contribution in [3.63, 3.8) is 0 Å². The van der Waals surface area contributed by atoms with Crippen molar-refractivity contribution in [1.82, 2.24) is 10.2 Å². The van der Waals surface area contributed by atoms with Crippen LogP contribution in [-0.2, 0) is 32.6 Å². The number of amides is 2. The minimum atomic E-state index is -3.90. The number of carbonyl (C=O) groups excluding carboxylic acids is 2. The molecular weight excluding hydrogens is 550 g/mol. The van der Waals surface area contributed by atoms with E-state index in [0.29, 0.717) is 5.75 Å². The Kier molecular flexibility index (Phi) is 10.6. The molecule has 0 heterocycles. The Labute approximate surface area is 241 Å². The second-order valence-electron chi connectivity index (χ2n) is 9.91. The van der Waals surface area contributed by atoms with E-state index in [0.717, 1.165) is 27.3 Å². The quantitative estimate of drug-likeness (QED) is 0.335. The van der Waals surface area contributed by atoms with Crippen molar-refractivity contribution in [1.29, 1.82) is 0 Å². The fourth-order valence-electron chi connectivity index (χ4n) is 4.33. The standard InChI is InChI=1S/C30H36ClN3O5S/c1-21(2)32-30(36)27(17-23-12-7-6-8-13-23)33(19-24-14-10-9-11-22(24)3)29(35)20-34(40(5,37)38)25-15-16-28(39-4)26(31)18-25/h6-16,18,21,27H,17,19-20H2,1-5H3,(H,32,36). The Hall–Kier alpha value is -3.56. The van der Waals surface area contributed by atoms with E-state index in [1.807, 2.05) is 75.4 Å². The molecule has 214 valence electrons. The van der Waals surface area contributed by atoms with Crippen LogP contribution >= 0.6 is 11.6 Å². The third-order valence-corrected chi connectivity index (χ3v) is 7.84. The van der Waals surface area contributed by atoms with E-state index < -0.39 is 28.5 Å². The Balaban J connectivity index is 2.07. The summed E-state index contributed by atoms with van der Waals surface area (Å²) in [5.74, 6) is -0.473. The number of hydrogen-bond donors (Lipinski definition) is 1. The maximum Gasteiger partial charge on any atom is 0.244 e. The molecule has 3 aromatic carbocycles. The number of halogens is 1. The largest absolute Gasteiger partial charge is 0.495 e. The van der Waals surface area contributed by atoms with Gasteiger partial charge in [-0.1, -0.05) is 66.2 Å². The Morgan fingerprint density at radius 2 is 1.65 bits per heavy atom. The van der Waals surface area contributed by atoms with Gasteiger partial charge in [-0.05, 0) is 55.7 Å². The van der Waals surface area contributed by atoms with Crippen molar-refractivity contribution in [2.75, 3.05) is 24.2 Å². The van der Waals surface area contributed by atoms with Gasteiger partial charge in [-0.3, -0.25) is 13.9 Å².